The Balaban J connectivity index is 2.89. The van der Waals surface area contributed by atoms with Crippen molar-refractivity contribution in [1.29, 1.82) is 0 Å². The second-order valence-corrected chi connectivity index (χ2v) is 3.39. The summed E-state index contributed by atoms with van der Waals surface area (Å²) in [7, 11) is 0. The lowest BCUT2D eigenvalue weighted by atomic mass is 10.2. The summed E-state index contributed by atoms with van der Waals surface area (Å²) in [5, 5.41) is 3.45. The van der Waals surface area contributed by atoms with Gasteiger partial charge in [0.25, 0.3) is 0 Å². The van der Waals surface area contributed by atoms with Gasteiger partial charge in [-0.15, -0.1) is 11.6 Å². The van der Waals surface area contributed by atoms with Crippen molar-refractivity contribution in [3.63, 3.8) is 0 Å². The molecule has 0 rings (SSSR count). The molecule has 0 heterocycles. The van der Waals surface area contributed by atoms with Crippen molar-refractivity contribution in [2.24, 2.45) is 0 Å². The van der Waals surface area contributed by atoms with Gasteiger partial charge in [0.1, 0.15) is 0 Å². The van der Waals surface area contributed by atoms with Crippen LogP contribution in [0.4, 0.5) is 0 Å². The monoisotopic (exact) mass is 177 g/mol. The molecule has 0 bridgehead atoms. The van der Waals surface area contributed by atoms with E-state index in [1.54, 1.807) is 0 Å². The summed E-state index contributed by atoms with van der Waals surface area (Å²) >= 11 is 5.55. The Kier molecular flexibility index (Phi) is 8.54. The molecule has 1 unspecified atom stereocenters. The molecule has 0 radical (unpaired) electrons. The van der Waals surface area contributed by atoms with Crippen molar-refractivity contribution in [2.75, 3.05) is 12.4 Å². The average Bonchev–Trinajstić information content (AvgIpc) is 2.04. The maximum Gasteiger partial charge on any atom is 0.0223 e. The topological polar surface area (TPSA) is 12.0 Å². The van der Waals surface area contributed by atoms with Crippen molar-refractivity contribution < 1.29 is 0 Å². The van der Waals surface area contributed by atoms with E-state index in [-0.39, 0.29) is 0 Å². The van der Waals surface area contributed by atoms with Gasteiger partial charge >= 0.3 is 0 Å². The predicted molar refractivity (Wildman–Crippen MR) is 52.3 cm³/mol. The van der Waals surface area contributed by atoms with Gasteiger partial charge in [-0.25, -0.2) is 0 Å². The molecule has 0 amide bonds. The minimum absolute atomic E-state index is 0.672. The highest BCUT2D eigenvalue weighted by Gasteiger charge is 1.94. The lowest BCUT2D eigenvalue weighted by Crippen LogP contribution is -2.25. The fraction of sp³-hybridized carbons (Fsp3) is 1.00. The summed E-state index contributed by atoms with van der Waals surface area (Å²) < 4.78 is 0. The molecule has 1 atom stereocenters. The highest BCUT2D eigenvalue weighted by molar-refractivity contribution is 6.17. The zero-order chi connectivity index (χ0) is 8.53. The van der Waals surface area contributed by atoms with Crippen LogP contribution in [0.2, 0.25) is 0 Å². The van der Waals surface area contributed by atoms with E-state index >= 15 is 0 Å². The second-order valence-electron chi connectivity index (χ2n) is 3.01. The Morgan fingerprint density at radius 1 is 1.27 bits per heavy atom. The van der Waals surface area contributed by atoms with E-state index in [4.69, 9.17) is 11.6 Å². The van der Waals surface area contributed by atoms with Gasteiger partial charge in [0, 0.05) is 11.9 Å². The van der Waals surface area contributed by atoms with E-state index in [0.29, 0.717) is 6.04 Å². The summed E-state index contributed by atoms with van der Waals surface area (Å²) in [6, 6.07) is 0.672. The minimum Gasteiger partial charge on any atom is -0.314 e. The number of halogens is 1. The fourth-order valence-electron chi connectivity index (χ4n) is 0.889. The maximum atomic E-state index is 5.55. The Morgan fingerprint density at radius 2 is 2.00 bits per heavy atom. The summed E-state index contributed by atoms with van der Waals surface area (Å²) in [5.41, 5.74) is 0. The third-order valence-electron chi connectivity index (χ3n) is 1.92. The SMILES string of the molecule is CCC(C)NCCCCCCl. The molecule has 1 nitrogen and oxygen atoms in total. The summed E-state index contributed by atoms with van der Waals surface area (Å²) in [6.45, 7) is 5.57. The number of hydrogen-bond acceptors (Lipinski definition) is 1. The van der Waals surface area contributed by atoms with Crippen LogP contribution < -0.4 is 5.32 Å². The van der Waals surface area contributed by atoms with Gasteiger partial charge in [0.05, 0.1) is 0 Å². The van der Waals surface area contributed by atoms with E-state index in [2.05, 4.69) is 19.2 Å². The van der Waals surface area contributed by atoms with E-state index in [1.807, 2.05) is 0 Å². The van der Waals surface area contributed by atoms with Gasteiger partial charge in [-0.2, -0.15) is 0 Å². The largest absolute Gasteiger partial charge is 0.314 e. The smallest absolute Gasteiger partial charge is 0.0223 e. The number of hydrogen-bond donors (Lipinski definition) is 1. The lowest BCUT2D eigenvalue weighted by molar-refractivity contribution is 0.515. The van der Waals surface area contributed by atoms with Crippen LogP contribution in [-0.4, -0.2) is 18.5 Å². The zero-order valence-corrected chi connectivity index (χ0v) is 8.45. The molecule has 0 aliphatic rings. The number of rotatable bonds is 7. The van der Waals surface area contributed by atoms with E-state index in [1.165, 1.54) is 19.3 Å². The molecule has 0 saturated carbocycles. The minimum atomic E-state index is 0.672. The van der Waals surface area contributed by atoms with E-state index < -0.39 is 0 Å². The first kappa shape index (κ1) is 11.2. The van der Waals surface area contributed by atoms with Gasteiger partial charge in [-0.05, 0) is 32.7 Å². The molecule has 0 spiro atoms. The summed E-state index contributed by atoms with van der Waals surface area (Å²) in [6.07, 6.45) is 4.89. The molecule has 11 heavy (non-hydrogen) atoms. The fourth-order valence-corrected chi connectivity index (χ4v) is 1.08. The number of alkyl halides is 1. The summed E-state index contributed by atoms with van der Waals surface area (Å²) in [4.78, 5) is 0. The van der Waals surface area contributed by atoms with Crippen LogP contribution in [-0.2, 0) is 0 Å². The highest BCUT2D eigenvalue weighted by Crippen LogP contribution is 1.96. The molecule has 1 N–H and O–H groups in total. The van der Waals surface area contributed by atoms with Gasteiger partial charge in [0.15, 0.2) is 0 Å². The van der Waals surface area contributed by atoms with Crippen LogP contribution in [0.3, 0.4) is 0 Å². The van der Waals surface area contributed by atoms with Crippen LogP contribution >= 0.6 is 11.6 Å². The first-order chi connectivity index (χ1) is 5.31. The lowest BCUT2D eigenvalue weighted by Gasteiger charge is -2.09. The van der Waals surface area contributed by atoms with Crippen molar-refractivity contribution in [3.05, 3.63) is 0 Å². The number of nitrogens with one attached hydrogen (secondary N) is 1. The van der Waals surface area contributed by atoms with Crippen LogP contribution in [0.1, 0.15) is 39.5 Å². The molecule has 0 aromatic heterocycles. The predicted octanol–water partition coefficient (Wildman–Crippen LogP) is 2.78. The van der Waals surface area contributed by atoms with Gasteiger partial charge < -0.3 is 5.32 Å². The highest BCUT2D eigenvalue weighted by atomic mass is 35.5. The standard InChI is InChI=1S/C9H20ClN/c1-3-9(2)11-8-6-4-5-7-10/h9,11H,3-8H2,1-2H3. The average molecular weight is 178 g/mol. The van der Waals surface area contributed by atoms with Crippen molar-refractivity contribution in [3.8, 4) is 0 Å². The Labute approximate surface area is 75.5 Å². The Morgan fingerprint density at radius 3 is 2.55 bits per heavy atom. The molecule has 0 aliphatic heterocycles. The van der Waals surface area contributed by atoms with Crippen molar-refractivity contribution in [1.82, 2.24) is 5.32 Å². The first-order valence-corrected chi connectivity index (χ1v) is 5.14. The van der Waals surface area contributed by atoms with Gasteiger partial charge in [-0.3, -0.25) is 0 Å². The van der Waals surface area contributed by atoms with Crippen LogP contribution in [0.5, 0.6) is 0 Å². The third kappa shape index (κ3) is 8.15. The number of unbranched alkanes of at least 4 members (excludes halogenated alkanes) is 2. The molecule has 68 valence electrons. The molecule has 0 aromatic rings. The summed E-state index contributed by atoms with van der Waals surface area (Å²) in [5.74, 6) is 0.809. The van der Waals surface area contributed by atoms with Crippen LogP contribution in [0.25, 0.3) is 0 Å². The van der Waals surface area contributed by atoms with Crippen molar-refractivity contribution in [2.45, 2.75) is 45.6 Å². The zero-order valence-electron chi connectivity index (χ0n) is 7.70. The van der Waals surface area contributed by atoms with Gasteiger partial charge in [0.2, 0.25) is 0 Å². The molecule has 0 saturated heterocycles. The van der Waals surface area contributed by atoms with E-state index in [0.717, 1.165) is 18.8 Å². The van der Waals surface area contributed by atoms with E-state index in [9.17, 15) is 0 Å². The normalized spacial score (nSPS) is 13.4. The molecular weight excluding hydrogens is 158 g/mol. The third-order valence-corrected chi connectivity index (χ3v) is 2.18. The molecule has 0 aliphatic carbocycles. The quantitative estimate of drug-likeness (QED) is 0.466. The van der Waals surface area contributed by atoms with Crippen LogP contribution in [0.15, 0.2) is 0 Å². The van der Waals surface area contributed by atoms with Crippen LogP contribution in [0, 0.1) is 0 Å². The Bertz CT molecular complexity index is 76.0. The molecular formula is C9H20ClN. The maximum absolute atomic E-state index is 5.55. The molecule has 0 fully saturated rings. The first-order valence-electron chi connectivity index (χ1n) is 4.60. The van der Waals surface area contributed by atoms with Crippen molar-refractivity contribution >= 4 is 11.6 Å². The second kappa shape index (κ2) is 8.35. The molecule has 0 aromatic carbocycles. The molecule has 2 heteroatoms. The Hall–Kier alpha value is 0.250. The van der Waals surface area contributed by atoms with Gasteiger partial charge in [-0.1, -0.05) is 13.3 Å².